The number of hydrogen-bond donors (Lipinski definition) is 2. The average molecular weight is 596 g/mol. The summed E-state index contributed by atoms with van der Waals surface area (Å²) in [6.45, 7) is 2.31. The Morgan fingerprint density at radius 3 is 2.39 bits per heavy atom. The number of pyridine rings is 1. The van der Waals surface area contributed by atoms with E-state index in [1.807, 2.05) is 0 Å². The van der Waals surface area contributed by atoms with Gasteiger partial charge in [0, 0.05) is 80.0 Å². The number of fused-ring (bicyclic) bond motifs is 1. The second-order valence-corrected chi connectivity index (χ2v) is 10.5. The van der Waals surface area contributed by atoms with Gasteiger partial charge in [-0.05, 0) is 48.5 Å². The van der Waals surface area contributed by atoms with Crippen molar-refractivity contribution in [1.29, 1.82) is 0 Å². The van der Waals surface area contributed by atoms with Crippen LogP contribution < -0.4 is 15.5 Å². The van der Waals surface area contributed by atoms with Gasteiger partial charge in [-0.3, -0.25) is 14.8 Å². The number of nitrogens with one attached hydrogen (secondary N) is 2. The molecule has 5 aromatic rings. The van der Waals surface area contributed by atoms with Gasteiger partial charge < -0.3 is 19.9 Å². The molecule has 44 heavy (non-hydrogen) atoms. The molecule has 1 aliphatic rings. The van der Waals surface area contributed by atoms with Gasteiger partial charge in [-0.15, -0.1) is 0 Å². The molecule has 13 heteroatoms. The topological polar surface area (TPSA) is 130 Å². The molecule has 0 radical (unpaired) electrons. The minimum absolute atomic E-state index is 0.126. The van der Waals surface area contributed by atoms with E-state index in [4.69, 9.17) is 14.7 Å². The van der Waals surface area contributed by atoms with Crippen LogP contribution in [0, 0.1) is 5.82 Å². The van der Waals surface area contributed by atoms with Crippen LogP contribution in [0.4, 0.5) is 26.5 Å². The summed E-state index contributed by atoms with van der Waals surface area (Å²) < 4.78 is 22.5. The molecular weight excluding hydrogens is 565 g/mol. The van der Waals surface area contributed by atoms with Gasteiger partial charge in [-0.2, -0.15) is 5.10 Å². The highest BCUT2D eigenvalue weighted by Crippen LogP contribution is 2.33. The zero-order chi connectivity index (χ0) is 30.8. The largest absolute Gasteiger partial charge is 0.378 e. The number of morpholine rings is 1. The first-order chi connectivity index (χ1) is 21.2. The van der Waals surface area contributed by atoms with Crippen LogP contribution in [-0.2, 0) is 11.8 Å². The summed E-state index contributed by atoms with van der Waals surface area (Å²) in [5.41, 5.74) is 3.29. The van der Waals surface area contributed by atoms with E-state index in [0.717, 1.165) is 0 Å². The lowest BCUT2D eigenvalue weighted by molar-refractivity contribution is 0.0827. The lowest BCUT2D eigenvalue weighted by Crippen LogP contribution is -2.37. The highest BCUT2D eigenvalue weighted by Gasteiger charge is 2.21. The van der Waals surface area contributed by atoms with E-state index < -0.39 is 6.03 Å². The summed E-state index contributed by atoms with van der Waals surface area (Å²) >= 11 is 0. The maximum atomic E-state index is 15.3. The SMILES string of the molecule is CN(C)C(=O)c1ccc(NC(=O)Nc2ccc(-c3nc(N4CCOCC4)c4cc(F)c(-c5cnn(C)c5)cc4n3)cn2)cc1. The monoisotopic (exact) mass is 595 g/mol. The Hall–Kier alpha value is -5.43. The van der Waals surface area contributed by atoms with Crippen LogP contribution >= 0.6 is 0 Å². The summed E-state index contributed by atoms with van der Waals surface area (Å²) in [5.74, 6) is 0.841. The average Bonchev–Trinajstić information content (AvgIpc) is 3.46. The van der Waals surface area contributed by atoms with Crippen LogP contribution in [0.3, 0.4) is 0 Å². The first kappa shape index (κ1) is 28.7. The van der Waals surface area contributed by atoms with Crippen molar-refractivity contribution < 1.29 is 18.7 Å². The van der Waals surface area contributed by atoms with Crippen LogP contribution in [0.25, 0.3) is 33.4 Å². The molecule has 4 heterocycles. The van der Waals surface area contributed by atoms with Gasteiger partial charge in [-0.25, -0.2) is 24.1 Å². The third-order valence-corrected chi connectivity index (χ3v) is 7.15. The number of nitrogens with zero attached hydrogens (tertiary/aromatic N) is 7. The molecule has 0 spiro atoms. The lowest BCUT2D eigenvalue weighted by Gasteiger charge is -2.29. The van der Waals surface area contributed by atoms with Crippen LogP contribution in [0.1, 0.15) is 10.4 Å². The Morgan fingerprint density at radius 2 is 1.73 bits per heavy atom. The molecule has 0 aliphatic carbocycles. The Kier molecular flexibility index (Phi) is 7.85. The fourth-order valence-corrected chi connectivity index (χ4v) is 4.89. The van der Waals surface area contributed by atoms with E-state index in [0.29, 0.717) is 82.6 Å². The van der Waals surface area contributed by atoms with Crippen molar-refractivity contribution in [2.45, 2.75) is 0 Å². The number of aromatic nitrogens is 5. The number of anilines is 3. The minimum atomic E-state index is -0.488. The van der Waals surface area contributed by atoms with E-state index in [-0.39, 0.29) is 11.7 Å². The molecule has 3 aromatic heterocycles. The van der Waals surface area contributed by atoms with E-state index in [1.165, 1.54) is 11.0 Å². The summed E-state index contributed by atoms with van der Waals surface area (Å²) in [6, 6.07) is 12.7. The zero-order valence-electron chi connectivity index (χ0n) is 24.4. The summed E-state index contributed by atoms with van der Waals surface area (Å²) in [7, 11) is 5.13. The normalized spacial score (nSPS) is 13.1. The van der Waals surface area contributed by atoms with Crippen molar-refractivity contribution in [3.8, 4) is 22.5 Å². The standard InChI is InChI=1S/C31H30FN9O3/c1-39(2)30(42)19-4-7-22(8-5-19)35-31(43)37-27-9-6-20(16-33-27)28-36-26-15-23(21-17-34-40(3)18-21)25(32)14-24(26)29(38-28)41-10-12-44-13-11-41/h4-9,14-18H,10-13H2,1-3H3,(H2,33,35,37,43). The van der Waals surface area contributed by atoms with Crippen molar-refractivity contribution in [3.05, 3.63) is 78.5 Å². The molecule has 6 rings (SSSR count). The third kappa shape index (κ3) is 6.03. The molecule has 0 unspecified atom stereocenters. The van der Waals surface area contributed by atoms with E-state index in [1.54, 1.807) is 86.9 Å². The van der Waals surface area contributed by atoms with Crippen molar-refractivity contribution in [2.24, 2.45) is 7.05 Å². The van der Waals surface area contributed by atoms with Gasteiger partial charge in [0.05, 0.1) is 24.9 Å². The lowest BCUT2D eigenvalue weighted by atomic mass is 10.1. The molecule has 1 saturated heterocycles. The molecule has 2 aromatic carbocycles. The third-order valence-electron chi connectivity index (χ3n) is 7.15. The molecule has 3 amide bonds. The molecule has 1 fully saturated rings. The molecule has 0 saturated carbocycles. The van der Waals surface area contributed by atoms with E-state index >= 15 is 4.39 Å². The van der Waals surface area contributed by atoms with Crippen LogP contribution in [0.5, 0.6) is 0 Å². The summed E-state index contributed by atoms with van der Waals surface area (Å²) in [4.78, 5) is 42.2. The number of hydrogen-bond acceptors (Lipinski definition) is 8. The highest BCUT2D eigenvalue weighted by molar-refractivity contribution is 6.00. The van der Waals surface area contributed by atoms with Gasteiger partial charge in [-0.1, -0.05) is 0 Å². The number of benzene rings is 2. The Bertz CT molecular complexity index is 1830. The number of urea groups is 1. The molecule has 224 valence electrons. The van der Waals surface area contributed by atoms with Crippen molar-refractivity contribution in [3.63, 3.8) is 0 Å². The highest BCUT2D eigenvalue weighted by atomic mass is 19.1. The predicted molar refractivity (Wildman–Crippen MR) is 165 cm³/mol. The molecule has 12 nitrogen and oxygen atoms in total. The molecular formula is C31H30FN9O3. The smallest absolute Gasteiger partial charge is 0.324 e. The number of ether oxygens (including phenoxy) is 1. The van der Waals surface area contributed by atoms with Crippen LogP contribution in [-0.4, -0.2) is 82.0 Å². The number of aryl methyl sites for hydroxylation is 1. The molecule has 1 aliphatic heterocycles. The zero-order valence-corrected chi connectivity index (χ0v) is 24.4. The predicted octanol–water partition coefficient (Wildman–Crippen LogP) is 4.41. The Labute approximate surface area is 252 Å². The van der Waals surface area contributed by atoms with E-state index in [9.17, 15) is 9.59 Å². The van der Waals surface area contributed by atoms with Gasteiger partial charge in [0.25, 0.3) is 5.91 Å². The number of carbonyl (C=O) groups is 2. The number of rotatable bonds is 6. The summed E-state index contributed by atoms with van der Waals surface area (Å²) in [6.07, 6.45) is 4.94. The van der Waals surface area contributed by atoms with Crippen LogP contribution in [0.15, 0.2) is 67.1 Å². The second kappa shape index (κ2) is 12.1. The van der Waals surface area contributed by atoms with Gasteiger partial charge in [0.2, 0.25) is 0 Å². The second-order valence-electron chi connectivity index (χ2n) is 10.5. The molecule has 0 atom stereocenters. The Balaban J connectivity index is 1.25. The molecule has 2 N–H and O–H groups in total. The van der Waals surface area contributed by atoms with Gasteiger partial charge >= 0.3 is 6.03 Å². The first-order valence-corrected chi connectivity index (χ1v) is 13.9. The quantitative estimate of drug-likeness (QED) is 0.295. The number of halogens is 1. The maximum Gasteiger partial charge on any atom is 0.324 e. The van der Waals surface area contributed by atoms with E-state index in [2.05, 4.69) is 25.6 Å². The van der Waals surface area contributed by atoms with Crippen LogP contribution in [0.2, 0.25) is 0 Å². The fraction of sp³-hybridized carbons (Fsp3) is 0.226. The maximum absolute atomic E-state index is 15.3. The fourth-order valence-electron chi connectivity index (χ4n) is 4.89. The summed E-state index contributed by atoms with van der Waals surface area (Å²) in [5, 5.41) is 10.2. The van der Waals surface area contributed by atoms with Crippen molar-refractivity contribution in [1.82, 2.24) is 29.6 Å². The first-order valence-electron chi connectivity index (χ1n) is 13.9. The number of carbonyl (C=O) groups excluding carboxylic acids is 2. The van der Waals surface area contributed by atoms with Crippen molar-refractivity contribution >= 4 is 40.2 Å². The van der Waals surface area contributed by atoms with Gasteiger partial charge in [0.15, 0.2) is 5.82 Å². The molecule has 0 bridgehead atoms. The minimum Gasteiger partial charge on any atom is -0.378 e. The van der Waals surface area contributed by atoms with Crippen molar-refractivity contribution in [2.75, 3.05) is 55.9 Å². The Morgan fingerprint density at radius 1 is 0.955 bits per heavy atom. The van der Waals surface area contributed by atoms with Gasteiger partial charge in [0.1, 0.15) is 17.5 Å². The number of amides is 3.